The van der Waals surface area contributed by atoms with Gasteiger partial charge in [-0.1, -0.05) is 0 Å². The number of nitrogens with zero attached hydrogens (tertiary/aromatic N) is 1. The Morgan fingerprint density at radius 1 is 1.50 bits per heavy atom. The summed E-state index contributed by atoms with van der Waals surface area (Å²) in [7, 11) is 1.56. The molecule has 4 nitrogen and oxygen atoms in total. The molecule has 0 aliphatic rings. The van der Waals surface area contributed by atoms with Gasteiger partial charge in [-0.15, -0.1) is 0 Å². The van der Waals surface area contributed by atoms with Crippen LogP contribution in [0.3, 0.4) is 0 Å². The van der Waals surface area contributed by atoms with Crippen LogP contribution in [0.1, 0.15) is 21.6 Å². The Bertz CT molecular complexity index is 465. The van der Waals surface area contributed by atoms with Gasteiger partial charge in [0.25, 0.3) is 10.8 Å². The highest BCUT2D eigenvalue weighted by Gasteiger charge is 2.15. The van der Waals surface area contributed by atoms with E-state index in [0.29, 0.717) is 18.7 Å². The third-order valence-electron chi connectivity index (χ3n) is 2.42. The summed E-state index contributed by atoms with van der Waals surface area (Å²) in [6.07, 6.45) is 0. The average molecular weight is 244 g/mol. The minimum Gasteiger partial charge on any atom is -0.383 e. The molecule has 0 atom stereocenters. The monoisotopic (exact) mass is 243 g/mol. The zero-order valence-electron chi connectivity index (χ0n) is 9.54. The van der Waals surface area contributed by atoms with E-state index in [4.69, 9.17) is 16.3 Å². The number of ether oxygens (including phenoxy) is 1. The first-order valence-corrected chi connectivity index (χ1v) is 5.26. The highest BCUT2D eigenvalue weighted by molar-refractivity contribution is 6.67. The van der Waals surface area contributed by atoms with Crippen LogP contribution in [0.15, 0.2) is 10.9 Å². The van der Waals surface area contributed by atoms with Gasteiger partial charge in [0.2, 0.25) is 0 Å². The molecule has 0 amide bonds. The van der Waals surface area contributed by atoms with Crippen LogP contribution >= 0.6 is 11.6 Å². The summed E-state index contributed by atoms with van der Waals surface area (Å²) in [5.74, 6) is 0. The first kappa shape index (κ1) is 12.9. The number of aryl methyl sites for hydroxylation is 2. The molecule has 5 heteroatoms. The van der Waals surface area contributed by atoms with Crippen LogP contribution < -0.4 is 5.56 Å². The van der Waals surface area contributed by atoms with Crippen molar-refractivity contribution >= 4 is 16.8 Å². The normalized spacial score (nSPS) is 10.5. The summed E-state index contributed by atoms with van der Waals surface area (Å²) in [6, 6.07) is 1.77. The Hall–Kier alpha value is -1.13. The largest absolute Gasteiger partial charge is 0.383 e. The maximum absolute atomic E-state index is 12.0. The zero-order valence-corrected chi connectivity index (χ0v) is 10.3. The first-order valence-electron chi connectivity index (χ1n) is 4.88. The lowest BCUT2D eigenvalue weighted by molar-refractivity contribution is 0.107. The lowest BCUT2D eigenvalue weighted by atomic mass is 10.1. The number of hydrogen-bond donors (Lipinski definition) is 0. The number of carbonyl (C=O) groups is 1. The standard InChI is InChI=1S/C11H14ClNO3/c1-7-6-8(2)13(4-5-16-3)11(15)9(7)10(12)14/h6H,4-5H2,1-3H3. The maximum Gasteiger partial charge on any atom is 0.263 e. The van der Waals surface area contributed by atoms with Crippen molar-refractivity contribution in [3.05, 3.63) is 33.2 Å². The number of methoxy groups -OCH3 is 1. The Labute approximate surface area is 98.8 Å². The molecule has 0 aliphatic heterocycles. The van der Waals surface area contributed by atoms with Crippen LogP contribution in [-0.4, -0.2) is 23.5 Å². The summed E-state index contributed by atoms with van der Waals surface area (Å²) in [5, 5.41) is -0.714. The molecular weight excluding hydrogens is 230 g/mol. The van der Waals surface area contributed by atoms with Crippen molar-refractivity contribution in [2.75, 3.05) is 13.7 Å². The molecule has 0 N–H and O–H groups in total. The van der Waals surface area contributed by atoms with Crippen LogP contribution in [0, 0.1) is 13.8 Å². The van der Waals surface area contributed by atoms with Gasteiger partial charge in [0.15, 0.2) is 0 Å². The van der Waals surface area contributed by atoms with Crippen molar-refractivity contribution in [1.29, 1.82) is 0 Å². The van der Waals surface area contributed by atoms with Gasteiger partial charge in [-0.3, -0.25) is 9.59 Å². The topological polar surface area (TPSA) is 48.3 Å². The van der Waals surface area contributed by atoms with E-state index in [1.807, 2.05) is 6.92 Å². The highest BCUT2D eigenvalue weighted by Crippen LogP contribution is 2.08. The Balaban J connectivity index is 3.34. The van der Waals surface area contributed by atoms with Crippen molar-refractivity contribution in [2.45, 2.75) is 20.4 Å². The molecule has 0 spiro atoms. The third kappa shape index (κ3) is 2.51. The van der Waals surface area contributed by atoms with E-state index in [0.717, 1.165) is 5.69 Å². The number of pyridine rings is 1. The van der Waals surface area contributed by atoms with E-state index in [9.17, 15) is 9.59 Å². The first-order chi connectivity index (χ1) is 7.49. The summed E-state index contributed by atoms with van der Waals surface area (Å²) in [4.78, 5) is 23.1. The minimum absolute atomic E-state index is 0.0448. The van der Waals surface area contributed by atoms with Gasteiger partial charge in [0.05, 0.1) is 6.61 Å². The van der Waals surface area contributed by atoms with E-state index in [1.165, 1.54) is 4.57 Å². The summed E-state index contributed by atoms with van der Waals surface area (Å²) < 4.78 is 6.40. The van der Waals surface area contributed by atoms with Gasteiger partial charge >= 0.3 is 0 Å². The number of carbonyl (C=O) groups excluding carboxylic acids is 1. The summed E-state index contributed by atoms with van der Waals surface area (Å²) in [5.41, 5.74) is 1.09. The van der Waals surface area contributed by atoms with Crippen molar-refractivity contribution < 1.29 is 9.53 Å². The number of aromatic nitrogens is 1. The van der Waals surface area contributed by atoms with Crippen molar-refractivity contribution in [3.63, 3.8) is 0 Å². The SMILES string of the molecule is COCCn1c(C)cc(C)c(C(=O)Cl)c1=O. The quantitative estimate of drug-likeness (QED) is 0.753. The molecule has 0 aliphatic carbocycles. The van der Waals surface area contributed by atoms with Crippen LogP contribution in [0.25, 0.3) is 0 Å². The molecule has 1 aromatic rings. The van der Waals surface area contributed by atoms with Crippen LogP contribution in [0.2, 0.25) is 0 Å². The molecule has 0 saturated carbocycles. The zero-order chi connectivity index (χ0) is 12.3. The Morgan fingerprint density at radius 3 is 2.62 bits per heavy atom. The fourth-order valence-electron chi connectivity index (χ4n) is 1.63. The lowest BCUT2D eigenvalue weighted by Gasteiger charge is -2.12. The number of rotatable bonds is 4. The van der Waals surface area contributed by atoms with Crippen LogP contribution in [0.5, 0.6) is 0 Å². The molecule has 0 saturated heterocycles. The number of hydrogen-bond acceptors (Lipinski definition) is 3. The van der Waals surface area contributed by atoms with Crippen LogP contribution in [-0.2, 0) is 11.3 Å². The molecule has 1 aromatic heterocycles. The van der Waals surface area contributed by atoms with Gasteiger partial charge in [0, 0.05) is 19.3 Å². The van der Waals surface area contributed by atoms with E-state index in [-0.39, 0.29) is 11.1 Å². The van der Waals surface area contributed by atoms with E-state index in [2.05, 4.69) is 0 Å². The second kappa shape index (κ2) is 5.27. The molecule has 16 heavy (non-hydrogen) atoms. The van der Waals surface area contributed by atoms with Gasteiger partial charge < -0.3 is 9.30 Å². The third-order valence-corrected chi connectivity index (χ3v) is 2.61. The molecule has 0 unspecified atom stereocenters. The highest BCUT2D eigenvalue weighted by atomic mass is 35.5. The van der Waals surface area contributed by atoms with Crippen molar-refractivity contribution in [2.24, 2.45) is 0 Å². The summed E-state index contributed by atoms with van der Waals surface area (Å²) >= 11 is 5.39. The molecular formula is C11H14ClNO3. The smallest absolute Gasteiger partial charge is 0.263 e. The second-order valence-corrected chi connectivity index (χ2v) is 3.91. The van der Waals surface area contributed by atoms with Gasteiger partial charge in [-0.25, -0.2) is 0 Å². The predicted molar refractivity (Wildman–Crippen MR) is 62.2 cm³/mol. The van der Waals surface area contributed by atoms with Crippen molar-refractivity contribution in [3.8, 4) is 0 Å². The van der Waals surface area contributed by atoms with Crippen molar-refractivity contribution in [1.82, 2.24) is 4.57 Å². The molecule has 1 rings (SSSR count). The van der Waals surface area contributed by atoms with E-state index < -0.39 is 5.24 Å². The second-order valence-electron chi connectivity index (χ2n) is 3.57. The summed E-state index contributed by atoms with van der Waals surface area (Å²) in [6.45, 7) is 4.34. The Kier molecular flexibility index (Phi) is 4.26. The predicted octanol–water partition coefficient (Wildman–Crippen LogP) is 1.49. The maximum atomic E-state index is 12.0. The molecule has 0 aromatic carbocycles. The number of halogens is 1. The minimum atomic E-state index is -0.714. The fourth-order valence-corrected chi connectivity index (χ4v) is 1.86. The van der Waals surface area contributed by atoms with Gasteiger partial charge in [-0.05, 0) is 37.1 Å². The molecule has 0 fully saturated rings. The molecule has 88 valence electrons. The van der Waals surface area contributed by atoms with Crippen LogP contribution in [0.4, 0.5) is 0 Å². The Morgan fingerprint density at radius 2 is 2.12 bits per heavy atom. The molecule has 0 radical (unpaired) electrons. The fraction of sp³-hybridized carbons (Fsp3) is 0.455. The average Bonchev–Trinajstić information content (AvgIpc) is 2.16. The van der Waals surface area contributed by atoms with E-state index in [1.54, 1.807) is 20.1 Å². The molecule has 1 heterocycles. The molecule has 0 bridgehead atoms. The van der Waals surface area contributed by atoms with E-state index >= 15 is 0 Å². The van der Waals surface area contributed by atoms with Gasteiger partial charge in [0.1, 0.15) is 5.56 Å². The van der Waals surface area contributed by atoms with Gasteiger partial charge in [-0.2, -0.15) is 0 Å². The lowest BCUT2D eigenvalue weighted by Crippen LogP contribution is -2.29.